The van der Waals surface area contributed by atoms with Gasteiger partial charge in [0.15, 0.2) is 6.29 Å². The minimum atomic E-state index is -4.92. The van der Waals surface area contributed by atoms with Gasteiger partial charge < -0.3 is 14.4 Å². The van der Waals surface area contributed by atoms with Crippen LogP contribution in [0.2, 0.25) is 0 Å². The third-order valence-corrected chi connectivity index (χ3v) is 8.29. The number of likely N-dealkylation sites (tertiary alicyclic amines) is 1. The highest BCUT2D eigenvalue weighted by Gasteiger charge is 2.38. The van der Waals surface area contributed by atoms with E-state index in [1.165, 1.54) is 5.56 Å². The summed E-state index contributed by atoms with van der Waals surface area (Å²) in [4.78, 5) is 4.70. The van der Waals surface area contributed by atoms with Crippen LogP contribution in [0, 0.1) is 5.92 Å². The van der Waals surface area contributed by atoms with Crippen LogP contribution in [0.1, 0.15) is 46.7 Å². The molecule has 2 aliphatic heterocycles. The Morgan fingerprint density at radius 1 is 0.721 bits per heavy atom. The van der Waals surface area contributed by atoms with Crippen LogP contribution in [0.15, 0.2) is 78.9 Å². The average molecular weight is 607 g/mol. The maximum absolute atomic E-state index is 13.4. The molecule has 3 aromatic rings. The van der Waals surface area contributed by atoms with E-state index < -0.39 is 36.4 Å². The first-order valence-corrected chi connectivity index (χ1v) is 14.6. The summed E-state index contributed by atoms with van der Waals surface area (Å²) in [6, 6.07) is 21.2. The van der Waals surface area contributed by atoms with Crippen molar-refractivity contribution < 1.29 is 35.8 Å². The van der Waals surface area contributed by atoms with Gasteiger partial charge in [-0.05, 0) is 73.2 Å². The Bertz CT molecular complexity index is 1260. The molecule has 4 nitrogen and oxygen atoms in total. The number of ether oxygens (including phenoxy) is 2. The summed E-state index contributed by atoms with van der Waals surface area (Å²) in [5.74, 6) is 0.658. The molecule has 2 atom stereocenters. The fourth-order valence-corrected chi connectivity index (χ4v) is 6.01. The van der Waals surface area contributed by atoms with Crippen molar-refractivity contribution >= 4 is 0 Å². The molecule has 5 rings (SSSR count). The predicted octanol–water partition coefficient (Wildman–Crippen LogP) is 7.60. The Morgan fingerprint density at radius 3 is 1.93 bits per heavy atom. The number of benzene rings is 3. The van der Waals surface area contributed by atoms with E-state index in [9.17, 15) is 26.3 Å². The van der Waals surface area contributed by atoms with Crippen LogP contribution in [0.3, 0.4) is 0 Å². The van der Waals surface area contributed by atoms with Gasteiger partial charge in [0.1, 0.15) is 0 Å². The molecule has 0 spiro atoms. The lowest BCUT2D eigenvalue weighted by atomic mass is 9.90. The highest BCUT2D eigenvalue weighted by molar-refractivity contribution is 5.33. The number of nitrogens with zero attached hydrogens (tertiary/aromatic N) is 2. The van der Waals surface area contributed by atoms with Gasteiger partial charge in [-0.2, -0.15) is 26.3 Å². The lowest BCUT2D eigenvalue weighted by Gasteiger charge is -2.42. The van der Waals surface area contributed by atoms with E-state index in [-0.39, 0.29) is 17.7 Å². The molecule has 0 aromatic heterocycles. The van der Waals surface area contributed by atoms with E-state index >= 15 is 0 Å². The van der Waals surface area contributed by atoms with E-state index in [2.05, 4.69) is 34.1 Å². The lowest BCUT2D eigenvalue weighted by Crippen LogP contribution is -2.49. The maximum atomic E-state index is 13.4. The van der Waals surface area contributed by atoms with Gasteiger partial charge in [-0.25, -0.2) is 0 Å². The fourth-order valence-electron chi connectivity index (χ4n) is 6.01. The zero-order valence-electron chi connectivity index (χ0n) is 23.8. The predicted molar refractivity (Wildman–Crippen MR) is 151 cm³/mol. The van der Waals surface area contributed by atoms with Gasteiger partial charge in [0.25, 0.3) is 0 Å². The summed E-state index contributed by atoms with van der Waals surface area (Å²) in [6.45, 7) is 4.10. The van der Waals surface area contributed by atoms with Crippen LogP contribution in [0.25, 0.3) is 0 Å². The van der Waals surface area contributed by atoms with Gasteiger partial charge in [-0.3, -0.25) is 4.90 Å². The van der Waals surface area contributed by atoms with Gasteiger partial charge in [-0.15, -0.1) is 0 Å². The van der Waals surface area contributed by atoms with Crippen LogP contribution < -0.4 is 0 Å². The van der Waals surface area contributed by atoms with Gasteiger partial charge in [0.2, 0.25) is 0 Å². The van der Waals surface area contributed by atoms with Crippen LogP contribution in [-0.2, 0) is 34.9 Å². The van der Waals surface area contributed by atoms with E-state index in [1.807, 2.05) is 36.4 Å². The van der Waals surface area contributed by atoms with Gasteiger partial charge in [0, 0.05) is 19.6 Å². The molecule has 10 heteroatoms. The molecule has 232 valence electrons. The SMILES string of the molecule is FC(F)(F)c1cc(CO[C@H]2OCCN(CCN3CCC(Cc4ccccc4)CC3)[C@H]2c2ccccc2)cc(C(F)(F)F)c1. The molecule has 0 unspecified atom stereocenters. The molecule has 2 aliphatic rings. The van der Waals surface area contributed by atoms with Crippen LogP contribution in [0.5, 0.6) is 0 Å². The zero-order chi connectivity index (χ0) is 30.5. The number of alkyl halides is 6. The highest BCUT2D eigenvalue weighted by Crippen LogP contribution is 2.37. The van der Waals surface area contributed by atoms with Crippen molar-refractivity contribution in [1.82, 2.24) is 9.80 Å². The number of piperidine rings is 1. The van der Waals surface area contributed by atoms with Crippen LogP contribution in [0.4, 0.5) is 26.3 Å². The Morgan fingerprint density at radius 2 is 1.33 bits per heavy atom. The van der Waals surface area contributed by atoms with Crippen molar-refractivity contribution in [2.75, 3.05) is 39.3 Å². The van der Waals surface area contributed by atoms with Crippen LogP contribution >= 0.6 is 0 Å². The number of morpholine rings is 1. The quantitative estimate of drug-likeness (QED) is 0.234. The monoisotopic (exact) mass is 606 g/mol. The Hall–Kier alpha value is -2.92. The van der Waals surface area contributed by atoms with Crippen molar-refractivity contribution in [2.24, 2.45) is 5.92 Å². The van der Waals surface area contributed by atoms with Crippen molar-refractivity contribution in [3.05, 3.63) is 107 Å². The first-order chi connectivity index (χ1) is 20.6. The van der Waals surface area contributed by atoms with E-state index in [0.29, 0.717) is 31.2 Å². The molecule has 0 N–H and O–H groups in total. The summed E-state index contributed by atoms with van der Waals surface area (Å²) in [5.41, 5.74) is -0.661. The standard InChI is InChI=1S/C33H36F6N2O2/c34-32(35,36)28-20-26(21-29(22-28)33(37,38)39)23-43-31-30(27-9-5-2-6-10-27)41(17-18-42-31)16-15-40-13-11-25(12-14-40)19-24-7-3-1-4-8-24/h1-10,20-22,25,30-31H,11-19,23H2/t30-,31+/m0/s1. The summed E-state index contributed by atoms with van der Waals surface area (Å²) in [6.07, 6.45) is -7.36. The molecular formula is C33H36F6N2O2. The lowest BCUT2D eigenvalue weighted by molar-refractivity contribution is -0.216. The minimum absolute atomic E-state index is 0.125. The Kier molecular flexibility index (Phi) is 10.1. The number of halogens is 6. The number of rotatable bonds is 9. The molecule has 3 aromatic carbocycles. The second kappa shape index (κ2) is 13.8. The number of hydrogen-bond acceptors (Lipinski definition) is 4. The molecule has 0 radical (unpaired) electrons. The summed E-state index contributed by atoms with van der Waals surface area (Å²) in [5, 5.41) is 0. The summed E-state index contributed by atoms with van der Waals surface area (Å²) >= 11 is 0. The Labute approximate surface area is 248 Å². The fraction of sp³-hybridized carbons (Fsp3) is 0.455. The third-order valence-electron chi connectivity index (χ3n) is 8.29. The van der Waals surface area contributed by atoms with Gasteiger partial charge in [-0.1, -0.05) is 60.7 Å². The van der Waals surface area contributed by atoms with Crippen molar-refractivity contribution in [1.29, 1.82) is 0 Å². The highest BCUT2D eigenvalue weighted by atomic mass is 19.4. The van der Waals surface area contributed by atoms with Gasteiger partial charge >= 0.3 is 12.4 Å². The third kappa shape index (κ3) is 8.59. The second-order valence-corrected chi connectivity index (χ2v) is 11.3. The van der Waals surface area contributed by atoms with Crippen molar-refractivity contribution in [2.45, 2.75) is 50.6 Å². The molecule has 2 fully saturated rings. The summed E-state index contributed by atoms with van der Waals surface area (Å²) < 4.78 is 92.2. The molecule has 0 aliphatic carbocycles. The molecule has 2 saturated heterocycles. The zero-order valence-corrected chi connectivity index (χ0v) is 23.8. The average Bonchev–Trinajstić information content (AvgIpc) is 2.99. The Balaban J connectivity index is 1.24. The molecule has 0 saturated carbocycles. The van der Waals surface area contributed by atoms with Crippen LogP contribution in [-0.4, -0.2) is 55.4 Å². The second-order valence-electron chi connectivity index (χ2n) is 11.3. The minimum Gasteiger partial charge on any atom is -0.349 e. The van der Waals surface area contributed by atoms with E-state index in [1.54, 1.807) is 0 Å². The molecule has 0 bridgehead atoms. The number of hydrogen-bond donors (Lipinski definition) is 0. The normalized spacial score (nSPS) is 21.3. The van der Waals surface area contributed by atoms with Crippen molar-refractivity contribution in [3.63, 3.8) is 0 Å². The molecule has 43 heavy (non-hydrogen) atoms. The topological polar surface area (TPSA) is 24.9 Å². The first kappa shape index (κ1) is 31.5. The maximum Gasteiger partial charge on any atom is 0.416 e. The van der Waals surface area contributed by atoms with E-state index in [4.69, 9.17) is 9.47 Å². The summed E-state index contributed by atoms with van der Waals surface area (Å²) in [7, 11) is 0. The molecule has 0 amide bonds. The largest absolute Gasteiger partial charge is 0.416 e. The first-order valence-electron chi connectivity index (χ1n) is 14.6. The van der Waals surface area contributed by atoms with Gasteiger partial charge in [0.05, 0.1) is 30.4 Å². The van der Waals surface area contributed by atoms with E-state index in [0.717, 1.165) is 51.0 Å². The smallest absolute Gasteiger partial charge is 0.349 e. The molecule has 2 heterocycles. The van der Waals surface area contributed by atoms with Crippen molar-refractivity contribution in [3.8, 4) is 0 Å². The molecular weight excluding hydrogens is 570 g/mol.